The zero-order chi connectivity index (χ0) is 18.8. The summed E-state index contributed by atoms with van der Waals surface area (Å²) in [6.45, 7) is 1.59. The lowest BCUT2D eigenvalue weighted by Crippen LogP contribution is -2.37. The molecule has 2 aliphatic heterocycles. The van der Waals surface area contributed by atoms with Crippen molar-refractivity contribution < 1.29 is 18.6 Å². The summed E-state index contributed by atoms with van der Waals surface area (Å²) < 4.78 is 23.4. The van der Waals surface area contributed by atoms with Crippen molar-refractivity contribution in [2.24, 2.45) is 0 Å². The third kappa shape index (κ3) is 3.52. The molecule has 0 radical (unpaired) electrons. The number of hydrogen-bond donors (Lipinski definition) is 1. The Hall–Kier alpha value is -2.74. The number of hydrogen-bond acceptors (Lipinski definition) is 7. The predicted octanol–water partition coefficient (Wildman–Crippen LogP) is 2.90. The third-order valence-corrected chi connectivity index (χ3v) is 5.06. The molecule has 0 saturated carbocycles. The number of benzene rings is 1. The molecule has 7 nitrogen and oxygen atoms in total. The van der Waals surface area contributed by atoms with Gasteiger partial charge in [0.25, 0.3) is 0 Å². The number of anilines is 1. The maximum atomic E-state index is 6.05. The van der Waals surface area contributed by atoms with E-state index in [1.165, 1.54) is 0 Å². The summed E-state index contributed by atoms with van der Waals surface area (Å²) in [6.07, 6.45) is 3.09. The number of nitrogens with zero attached hydrogens (tertiary/aromatic N) is 2. The Morgan fingerprint density at radius 3 is 2.75 bits per heavy atom. The second kappa shape index (κ2) is 7.71. The molecule has 2 saturated heterocycles. The molecule has 144 valence electrons. The van der Waals surface area contributed by atoms with Crippen molar-refractivity contribution in [3.63, 3.8) is 0 Å². The van der Waals surface area contributed by atoms with Crippen molar-refractivity contribution in [3.8, 4) is 11.5 Å². The SMILES string of the molecule is c1ccc(CO[C@H]2CO[C@@H]3[C@@H]2OC[C@@H]3Nc2nccc(-c3ccco3)n2)cc1. The van der Waals surface area contributed by atoms with Crippen LogP contribution in [-0.2, 0) is 20.8 Å². The van der Waals surface area contributed by atoms with Gasteiger partial charge in [-0.2, -0.15) is 0 Å². The highest BCUT2D eigenvalue weighted by Gasteiger charge is 2.48. The van der Waals surface area contributed by atoms with Gasteiger partial charge in [-0.25, -0.2) is 9.97 Å². The largest absolute Gasteiger partial charge is 0.463 e. The predicted molar refractivity (Wildman–Crippen MR) is 102 cm³/mol. The first-order valence-corrected chi connectivity index (χ1v) is 9.39. The number of nitrogens with one attached hydrogen (secondary N) is 1. The molecule has 2 aliphatic rings. The van der Waals surface area contributed by atoms with E-state index in [9.17, 15) is 0 Å². The maximum absolute atomic E-state index is 6.05. The van der Waals surface area contributed by atoms with Crippen molar-refractivity contribution >= 4 is 5.95 Å². The van der Waals surface area contributed by atoms with E-state index in [2.05, 4.69) is 27.4 Å². The molecule has 7 heteroatoms. The van der Waals surface area contributed by atoms with Crippen LogP contribution >= 0.6 is 0 Å². The van der Waals surface area contributed by atoms with Crippen LogP contribution in [0.2, 0.25) is 0 Å². The topological polar surface area (TPSA) is 78.6 Å². The lowest BCUT2D eigenvalue weighted by atomic mass is 10.1. The number of aromatic nitrogens is 2. The standard InChI is InChI=1S/C21H21N3O4/c1-2-5-14(6-3-1)11-26-18-13-28-19-16(12-27-20(18)19)24-21-22-9-8-15(23-21)17-7-4-10-25-17/h1-10,16,18-20H,11-13H2,(H,22,23,24)/t16-,18-,19-,20+/m0/s1. The molecule has 2 fully saturated rings. The van der Waals surface area contributed by atoms with Crippen LogP contribution in [0.3, 0.4) is 0 Å². The fourth-order valence-corrected chi connectivity index (χ4v) is 3.66. The van der Waals surface area contributed by atoms with Crippen molar-refractivity contribution in [2.45, 2.75) is 31.0 Å². The minimum absolute atomic E-state index is 0.0258. The summed E-state index contributed by atoms with van der Waals surface area (Å²) in [7, 11) is 0. The van der Waals surface area contributed by atoms with Gasteiger partial charge in [-0.05, 0) is 23.8 Å². The number of ether oxygens (including phenoxy) is 3. The Kier molecular flexibility index (Phi) is 4.78. The van der Waals surface area contributed by atoms with Crippen LogP contribution in [0.4, 0.5) is 5.95 Å². The Balaban J connectivity index is 1.21. The second-order valence-electron chi connectivity index (χ2n) is 6.92. The van der Waals surface area contributed by atoms with E-state index in [1.807, 2.05) is 36.4 Å². The smallest absolute Gasteiger partial charge is 0.223 e. The lowest BCUT2D eigenvalue weighted by molar-refractivity contribution is -0.0388. The van der Waals surface area contributed by atoms with Crippen LogP contribution in [0.15, 0.2) is 65.4 Å². The van der Waals surface area contributed by atoms with Gasteiger partial charge in [0, 0.05) is 6.20 Å². The maximum Gasteiger partial charge on any atom is 0.223 e. The molecule has 1 aromatic carbocycles. The quantitative estimate of drug-likeness (QED) is 0.705. The molecule has 5 rings (SSSR count). The van der Waals surface area contributed by atoms with Crippen LogP contribution in [-0.4, -0.2) is 47.5 Å². The van der Waals surface area contributed by atoms with Gasteiger partial charge in [-0.1, -0.05) is 30.3 Å². The molecule has 0 unspecified atom stereocenters. The van der Waals surface area contributed by atoms with Crippen molar-refractivity contribution in [1.29, 1.82) is 0 Å². The summed E-state index contributed by atoms with van der Waals surface area (Å²) in [4.78, 5) is 8.85. The highest BCUT2D eigenvalue weighted by molar-refractivity contribution is 5.53. The minimum Gasteiger partial charge on any atom is -0.463 e. The van der Waals surface area contributed by atoms with Crippen LogP contribution < -0.4 is 5.32 Å². The summed E-state index contributed by atoms with van der Waals surface area (Å²) >= 11 is 0. The fourth-order valence-electron chi connectivity index (χ4n) is 3.66. The molecular formula is C21H21N3O4. The molecule has 0 bridgehead atoms. The van der Waals surface area contributed by atoms with Crippen LogP contribution in [0.1, 0.15) is 5.56 Å². The summed E-state index contributed by atoms with van der Waals surface area (Å²) in [5, 5.41) is 3.34. The van der Waals surface area contributed by atoms with Gasteiger partial charge in [0.15, 0.2) is 5.76 Å². The van der Waals surface area contributed by atoms with Gasteiger partial charge in [-0.3, -0.25) is 0 Å². The van der Waals surface area contributed by atoms with Crippen molar-refractivity contribution in [3.05, 3.63) is 66.6 Å². The normalized spacial score (nSPS) is 26.3. The second-order valence-corrected chi connectivity index (χ2v) is 6.92. The first-order chi connectivity index (χ1) is 13.9. The van der Waals surface area contributed by atoms with Gasteiger partial charge in [0.05, 0.1) is 32.1 Å². The van der Waals surface area contributed by atoms with Crippen LogP contribution in [0.25, 0.3) is 11.5 Å². The van der Waals surface area contributed by atoms with E-state index in [0.29, 0.717) is 31.5 Å². The highest BCUT2D eigenvalue weighted by atomic mass is 16.6. The summed E-state index contributed by atoms with van der Waals surface area (Å²) in [6, 6.07) is 15.6. The van der Waals surface area contributed by atoms with E-state index in [1.54, 1.807) is 12.5 Å². The number of furan rings is 1. The molecule has 4 heterocycles. The van der Waals surface area contributed by atoms with E-state index in [4.69, 9.17) is 18.6 Å². The van der Waals surface area contributed by atoms with Gasteiger partial charge in [0.2, 0.25) is 5.95 Å². The molecule has 2 aromatic heterocycles. The Bertz CT molecular complexity index is 903. The zero-order valence-corrected chi connectivity index (χ0v) is 15.2. The van der Waals surface area contributed by atoms with Gasteiger partial charge < -0.3 is 23.9 Å². The minimum atomic E-state index is -0.0885. The van der Waals surface area contributed by atoms with E-state index in [0.717, 1.165) is 11.3 Å². The van der Waals surface area contributed by atoms with Crippen molar-refractivity contribution in [1.82, 2.24) is 9.97 Å². The molecule has 0 aliphatic carbocycles. The Morgan fingerprint density at radius 2 is 1.89 bits per heavy atom. The van der Waals surface area contributed by atoms with E-state index in [-0.39, 0.29) is 24.4 Å². The lowest BCUT2D eigenvalue weighted by Gasteiger charge is -2.18. The molecule has 3 aromatic rings. The summed E-state index contributed by atoms with van der Waals surface area (Å²) in [5.74, 6) is 1.23. The monoisotopic (exact) mass is 379 g/mol. The third-order valence-electron chi connectivity index (χ3n) is 5.06. The average Bonchev–Trinajstić information content (AvgIpc) is 3.47. The summed E-state index contributed by atoms with van der Waals surface area (Å²) in [5.41, 5.74) is 1.87. The molecule has 0 spiro atoms. The zero-order valence-electron chi connectivity index (χ0n) is 15.2. The van der Waals surface area contributed by atoms with Crippen LogP contribution in [0.5, 0.6) is 0 Å². The van der Waals surface area contributed by atoms with Crippen molar-refractivity contribution in [2.75, 3.05) is 18.5 Å². The Morgan fingerprint density at radius 1 is 1.00 bits per heavy atom. The fraction of sp³-hybridized carbons (Fsp3) is 0.333. The highest BCUT2D eigenvalue weighted by Crippen LogP contribution is 2.31. The molecule has 1 N–H and O–H groups in total. The Labute approximate surface area is 162 Å². The van der Waals surface area contributed by atoms with Gasteiger partial charge in [-0.15, -0.1) is 0 Å². The van der Waals surface area contributed by atoms with Gasteiger partial charge in [0.1, 0.15) is 24.0 Å². The average molecular weight is 379 g/mol. The number of fused-ring (bicyclic) bond motifs is 1. The number of rotatable bonds is 6. The van der Waals surface area contributed by atoms with Gasteiger partial charge >= 0.3 is 0 Å². The molecule has 0 amide bonds. The first kappa shape index (κ1) is 17.4. The molecule has 28 heavy (non-hydrogen) atoms. The van der Waals surface area contributed by atoms with Crippen LogP contribution in [0, 0.1) is 0 Å². The molecule has 4 atom stereocenters. The van der Waals surface area contributed by atoms with E-state index >= 15 is 0 Å². The first-order valence-electron chi connectivity index (χ1n) is 9.39. The van der Waals surface area contributed by atoms with E-state index < -0.39 is 0 Å². The molecular weight excluding hydrogens is 358 g/mol.